The Hall–Kier alpha value is 0.690. The lowest BCUT2D eigenvalue weighted by molar-refractivity contribution is 0.161. The maximum atomic E-state index is 9.44. The Morgan fingerprint density at radius 1 is 1.20 bits per heavy atom. The third kappa shape index (κ3) is 4.50. The van der Waals surface area contributed by atoms with Gasteiger partial charge in [-0.25, -0.2) is 0 Å². The first-order valence-electron chi connectivity index (χ1n) is 4.04. The van der Waals surface area contributed by atoms with E-state index < -0.39 is 0 Å². The Balaban J connectivity index is 3.38. The zero-order valence-electron chi connectivity index (χ0n) is 6.81. The third-order valence-electron chi connectivity index (χ3n) is 1.57. The number of aliphatic hydroxyl groups is 1. The second-order valence-corrected chi connectivity index (χ2v) is 4.26. The van der Waals surface area contributed by atoms with Gasteiger partial charge in [0.1, 0.15) is 0 Å². The molecule has 2 heteroatoms. The molecular formula is C8H17IO. The molecule has 1 nitrogen and oxygen atoms in total. The highest BCUT2D eigenvalue weighted by atomic mass is 127. The summed E-state index contributed by atoms with van der Waals surface area (Å²) in [7, 11) is 0. The fraction of sp³-hybridized carbons (Fsp3) is 1.00. The summed E-state index contributed by atoms with van der Waals surface area (Å²) in [5, 5.41) is 9.44. The molecule has 62 valence electrons. The van der Waals surface area contributed by atoms with E-state index in [9.17, 15) is 5.11 Å². The summed E-state index contributed by atoms with van der Waals surface area (Å²) < 4.78 is 0.461. The molecule has 0 aliphatic carbocycles. The van der Waals surface area contributed by atoms with Gasteiger partial charge in [0.05, 0.1) is 6.10 Å². The molecule has 0 fully saturated rings. The molecule has 0 aromatic heterocycles. The van der Waals surface area contributed by atoms with E-state index in [0.29, 0.717) is 3.92 Å². The normalized spacial score (nSPS) is 16.8. The number of alkyl halides is 1. The van der Waals surface area contributed by atoms with Crippen molar-refractivity contribution >= 4 is 22.6 Å². The summed E-state index contributed by atoms with van der Waals surface area (Å²) in [6.07, 6.45) is 4.28. The van der Waals surface area contributed by atoms with Gasteiger partial charge in [0.25, 0.3) is 0 Å². The molecule has 0 saturated carbocycles. The van der Waals surface area contributed by atoms with E-state index in [-0.39, 0.29) is 6.10 Å². The van der Waals surface area contributed by atoms with E-state index in [4.69, 9.17) is 0 Å². The van der Waals surface area contributed by atoms with E-state index in [1.54, 1.807) is 0 Å². The Morgan fingerprint density at radius 3 is 2.10 bits per heavy atom. The van der Waals surface area contributed by atoms with Crippen molar-refractivity contribution in [3.05, 3.63) is 0 Å². The molecule has 10 heavy (non-hydrogen) atoms. The first kappa shape index (κ1) is 10.7. The van der Waals surface area contributed by atoms with E-state index in [1.165, 1.54) is 6.42 Å². The van der Waals surface area contributed by atoms with Crippen LogP contribution >= 0.6 is 22.6 Å². The zero-order valence-corrected chi connectivity index (χ0v) is 8.97. The second-order valence-electron chi connectivity index (χ2n) is 2.66. The second kappa shape index (κ2) is 6.40. The molecule has 0 heterocycles. The lowest BCUT2D eigenvalue weighted by Gasteiger charge is -2.14. The van der Waals surface area contributed by atoms with Crippen molar-refractivity contribution < 1.29 is 5.11 Å². The van der Waals surface area contributed by atoms with Crippen LogP contribution in [-0.4, -0.2) is 15.1 Å². The van der Waals surface area contributed by atoms with Gasteiger partial charge in [0.15, 0.2) is 0 Å². The van der Waals surface area contributed by atoms with Gasteiger partial charge in [-0.05, 0) is 12.8 Å². The predicted molar refractivity (Wildman–Crippen MR) is 53.6 cm³/mol. The van der Waals surface area contributed by atoms with Gasteiger partial charge in [-0.1, -0.05) is 49.3 Å². The average molecular weight is 256 g/mol. The summed E-state index contributed by atoms with van der Waals surface area (Å²) in [4.78, 5) is 0. The topological polar surface area (TPSA) is 20.2 Å². The Morgan fingerprint density at radius 2 is 1.70 bits per heavy atom. The molecule has 0 aromatic carbocycles. The van der Waals surface area contributed by atoms with Gasteiger partial charge < -0.3 is 5.11 Å². The summed E-state index contributed by atoms with van der Waals surface area (Å²) in [5.74, 6) is 0. The molecule has 0 bridgehead atoms. The van der Waals surface area contributed by atoms with Crippen LogP contribution in [0.1, 0.15) is 39.5 Å². The Bertz CT molecular complexity index is 65.7. The number of hydrogen-bond donors (Lipinski definition) is 1. The minimum Gasteiger partial charge on any atom is -0.392 e. The van der Waals surface area contributed by atoms with Crippen LogP contribution in [0.3, 0.4) is 0 Å². The van der Waals surface area contributed by atoms with Crippen molar-refractivity contribution in [3.63, 3.8) is 0 Å². The van der Waals surface area contributed by atoms with Crippen LogP contribution in [0.25, 0.3) is 0 Å². The number of halogens is 1. The molecule has 2 atom stereocenters. The van der Waals surface area contributed by atoms with Crippen LogP contribution in [0.2, 0.25) is 0 Å². The fourth-order valence-electron chi connectivity index (χ4n) is 0.945. The highest BCUT2D eigenvalue weighted by Gasteiger charge is 2.12. The SMILES string of the molecule is CCCC(O)C(I)CCC. The summed E-state index contributed by atoms with van der Waals surface area (Å²) >= 11 is 2.34. The quantitative estimate of drug-likeness (QED) is 0.592. The van der Waals surface area contributed by atoms with E-state index in [1.807, 2.05) is 0 Å². The predicted octanol–water partition coefficient (Wildman–Crippen LogP) is 2.75. The summed E-state index contributed by atoms with van der Waals surface area (Å²) in [6.45, 7) is 4.27. The maximum absolute atomic E-state index is 9.44. The van der Waals surface area contributed by atoms with Crippen molar-refractivity contribution in [2.75, 3.05) is 0 Å². The molecule has 0 spiro atoms. The first-order chi connectivity index (χ1) is 4.72. The highest BCUT2D eigenvalue weighted by Crippen LogP contribution is 2.16. The van der Waals surface area contributed by atoms with Crippen LogP contribution in [0.4, 0.5) is 0 Å². The third-order valence-corrected chi connectivity index (χ3v) is 3.02. The summed E-state index contributed by atoms with van der Waals surface area (Å²) in [5.41, 5.74) is 0. The largest absolute Gasteiger partial charge is 0.392 e. The molecule has 1 N–H and O–H groups in total. The molecule has 0 aromatic rings. The van der Waals surface area contributed by atoms with Crippen molar-refractivity contribution in [2.24, 2.45) is 0 Å². The average Bonchev–Trinajstić information content (AvgIpc) is 1.89. The van der Waals surface area contributed by atoms with Crippen molar-refractivity contribution in [3.8, 4) is 0 Å². The van der Waals surface area contributed by atoms with Crippen LogP contribution in [0, 0.1) is 0 Å². The van der Waals surface area contributed by atoms with Gasteiger partial charge in [-0.3, -0.25) is 0 Å². The number of hydrogen-bond acceptors (Lipinski definition) is 1. The van der Waals surface area contributed by atoms with E-state index in [0.717, 1.165) is 19.3 Å². The Kier molecular flexibility index (Phi) is 6.85. The highest BCUT2D eigenvalue weighted by molar-refractivity contribution is 14.1. The van der Waals surface area contributed by atoms with Crippen LogP contribution in [0.15, 0.2) is 0 Å². The van der Waals surface area contributed by atoms with Crippen molar-refractivity contribution in [1.29, 1.82) is 0 Å². The minimum atomic E-state index is -0.0782. The standard InChI is InChI=1S/C8H17IO/c1-3-5-7(9)8(10)6-4-2/h7-8,10H,3-6H2,1-2H3. The molecule has 0 aliphatic heterocycles. The Labute approximate surface area is 77.3 Å². The summed E-state index contributed by atoms with van der Waals surface area (Å²) in [6, 6.07) is 0. The maximum Gasteiger partial charge on any atom is 0.0657 e. The van der Waals surface area contributed by atoms with Crippen LogP contribution in [-0.2, 0) is 0 Å². The van der Waals surface area contributed by atoms with Crippen molar-refractivity contribution in [2.45, 2.75) is 49.6 Å². The number of aliphatic hydroxyl groups excluding tert-OH is 1. The monoisotopic (exact) mass is 256 g/mol. The fourth-order valence-corrected chi connectivity index (χ4v) is 1.93. The molecule has 0 radical (unpaired) electrons. The lowest BCUT2D eigenvalue weighted by Crippen LogP contribution is -2.19. The van der Waals surface area contributed by atoms with Gasteiger partial charge in [0, 0.05) is 3.92 Å². The van der Waals surface area contributed by atoms with Gasteiger partial charge in [-0.2, -0.15) is 0 Å². The zero-order chi connectivity index (χ0) is 7.98. The minimum absolute atomic E-state index is 0.0782. The molecule has 0 amide bonds. The van der Waals surface area contributed by atoms with Crippen LogP contribution in [0.5, 0.6) is 0 Å². The first-order valence-corrected chi connectivity index (χ1v) is 5.29. The van der Waals surface area contributed by atoms with Crippen LogP contribution < -0.4 is 0 Å². The smallest absolute Gasteiger partial charge is 0.0657 e. The van der Waals surface area contributed by atoms with Crippen molar-refractivity contribution in [1.82, 2.24) is 0 Å². The number of rotatable bonds is 5. The van der Waals surface area contributed by atoms with E-state index >= 15 is 0 Å². The van der Waals surface area contributed by atoms with E-state index in [2.05, 4.69) is 36.4 Å². The molecule has 2 unspecified atom stereocenters. The van der Waals surface area contributed by atoms with Gasteiger partial charge in [0.2, 0.25) is 0 Å². The lowest BCUT2D eigenvalue weighted by atomic mass is 10.1. The molecular weight excluding hydrogens is 239 g/mol. The molecule has 0 aliphatic rings. The molecule has 0 rings (SSSR count). The van der Waals surface area contributed by atoms with Gasteiger partial charge >= 0.3 is 0 Å². The molecule has 0 saturated heterocycles. The van der Waals surface area contributed by atoms with Gasteiger partial charge in [-0.15, -0.1) is 0 Å².